The summed E-state index contributed by atoms with van der Waals surface area (Å²) in [5.74, 6) is 0.493. The van der Waals surface area contributed by atoms with E-state index in [2.05, 4.69) is 0 Å². The molecule has 0 radical (unpaired) electrons. The Labute approximate surface area is 113 Å². The van der Waals surface area contributed by atoms with Crippen LogP contribution in [0.15, 0.2) is 28.7 Å². The van der Waals surface area contributed by atoms with Crippen LogP contribution in [0.5, 0.6) is 0 Å². The average molecular weight is 290 g/mol. The molecule has 2 nitrogen and oxygen atoms in total. The molecule has 17 heavy (non-hydrogen) atoms. The summed E-state index contributed by atoms with van der Waals surface area (Å²) in [6.45, 7) is 1.75. The number of hydrogen-bond acceptors (Lipinski definition) is 2. The van der Waals surface area contributed by atoms with Crippen LogP contribution in [-0.4, -0.2) is 5.78 Å². The Kier molecular flexibility index (Phi) is 3.48. The van der Waals surface area contributed by atoms with Crippen molar-refractivity contribution in [3.05, 3.63) is 56.4 Å². The first-order valence-electron chi connectivity index (χ1n) is 4.74. The Morgan fingerprint density at radius 3 is 2.18 bits per heavy atom. The quantitative estimate of drug-likeness (QED) is 0.745. The fourth-order valence-electron chi connectivity index (χ4n) is 1.44. The van der Waals surface area contributed by atoms with Crippen LogP contribution >= 0.6 is 34.8 Å². The molecule has 0 N–H and O–H groups in total. The fraction of sp³-hybridized carbons (Fsp3) is 0.0833. The predicted molar refractivity (Wildman–Crippen MR) is 68.3 cm³/mol. The molecule has 0 aliphatic carbocycles. The van der Waals surface area contributed by atoms with Crippen LogP contribution in [0.4, 0.5) is 0 Å². The molecule has 0 atom stereocenters. The van der Waals surface area contributed by atoms with Gasteiger partial charge >= 0.3 is 0 Å². The largest absolute Gasteiger partial charge is 0.458 e. The Morgan fingerprint density at radius 2 is 1.71 bits per heavy atom. The number of ketones is 1. The van der Waals surface area contributed by atoms with Crippen LogP contribution in [0, 0.1) is 6.92 Å². The van der Waals surface area contributed by atoms with Gasteiger partial charge in [-0.05, 0) is 31.2 Å². The van der Waals surface area contributed by atoms with E-state index in [1.807, 2.05) is 0 Å². The van der Waals surface area contributed by atoms with Gasteiger partial charge in [-0.3, -0.25) is 4.79 Å². The molecule has 0 amide bonds. The Bertz CT molecular complexity index is 564. The van der Waals surface area contributed by atoms with E-state index in [0.29, 0.717) is 10.8 Å². The van der Waals surface area contributed by atoms with E-state index in [4.69, 9.17) is 39.2 Å². The minimum absolute atomic E-state index is 0.201. The van der Waals surface area contributed by atoms with Gasteiger partial charge in [-0.15, -0.1) is 0 Å². The lowest BCUT2D eigenvalue weighted by atomic mass is 10.1. The highest BCUT2D eigenvalue weighted by Crippen LogP contribution is 2.31. The van der Waals surface area contributed by atoms with Crippen molar-refractivity contribution >= 4 is 40.6 Å². The number of carbonyl (C=O) groups is 1. The number of aryl methyl sites for hydroxylation is 1. The number of hydrogen-bond donors (Lipinski definition) is 0. The third-order valence-electron chi connectivity index (χ3n) is 2.20. The topological polar surface area (TPSA) is 30.2 Å². The van der Waals surface area contributed by atoms with Crippen molar-refractivity contribution in [3.8, 4) is 0 Å². The van der Waals surface area contributed by atoms with Crippen molar-refractivity contribution in [2.75, 3.05) is 0 Å². The molecule has 1 heterocycles. The molecule has 0 spiro atoms. The molecule has 0 saturated carbocycles. The van der Waals surface area contributed by atoms with Crippen molar-refractivity contribution in [3.63, 3.8) is 0 Å². The van der Waals surface area contributed by atoms with Gasteiger partial charge in [0.15, 0.2) is 5.76 Å². The van der Waals surface area contributed by atoms with Crippen LogP contribution in [0.2, 0.25) is 15.1 Å². The summed E-state index contributed by atoms with van der Waals surface area (Å²) in [4.78, 5) is 12.1. The minimum atomic E-state index is -0.357. The van der Waals surface area contributed by atoms with Gasteiger partial charge in [0.25, 0.3) is 0 Å². The van der Waals surface area contributed by atoms with Gasteiger partial charge in [-0.25, -0.2) is 0 Å². The van der Waals surface area contributed by atoms with Crippen molar-refractivity contribution in [2.24, 2.45) is 0 Å². The maximum atomic E-state index is 12.1. The maximum absolute atomic E-state index is 12.1. The second-order valence-electron chi connectivity index (χ2n) is 3.48. The van der Waals surface area contributed by atoms with Gasteiger partial charge in [0, 0.05) is 5.02 Å². The van der Waals surface area contributed by atoms with Crippen LogP contribution in [0.1, 0.15) is 21.9 Å². The van der Waals surface area contributed by atoms with Crippen LogP contribution < -0.4 is 0 Å². The summed E-state index contributed by atoms with van der Waals surface area (Å²) in [5, 5.41) is 0.801. The smallest absolute Gasteiger partial charge is 0.231 e. The number of carbonyl (C=O) groups excluding carboxylic acids is 1. The van der Waals surface area contributed by atoms with Crippen molar-refractivity contribution in [2.45, 2.75) is 6.92 Å². The molecule has 0 aliphatic rings. The SMILES string of the molecule is Cc1ccc(C(=O)c2c(Cl)cc(Cl)cc2Cl)o1. The molecule has 88 valence electrons. The molecule has 1 aromatic heterocycles. The van der Waals surface area contributed by atoms with E-state index in [9.17, 15) is 4.79 Å². The Hall–Kier alpha value is -0.960. The van der Waals surface area contributed by atoms with Gasteiger partial charge in [-0.1, -0.05) is 34.8 Å². The third-order valence-corrected chi connectivity index (χ3v) is 3.01. The molecule has 2 aromatic rings. The van der Waals surface area contributed by atoms with Crippen molar-refractivity contribution in [1.29, 1.82) is 0 Å². The summed E-state index contributed by atoms with van der Waals surface area (Å²) < 4.78 is 5.24. The molecular formula is C12H7Cl3O2. The highest BCUT2D eigenvalue weighted by Gasteiger charge is 2.20. The standard InChI is InChI=1S/C12H7Cl3O2/c1-6-2-3-10(17-6)12(16)11-8(14)4-7(13)5-9(11)15/h2-5H,1H3. The fourth-order valence-corrected chi connectivity index (χ4v) is 2.43. The summed E-state index contributed by atoms with van der Waals surface area (Å²) in [6, 6.07) is 6.22. The normalized spacial score (nSPS) is 10.6. The zero-order valence-corrected chi connectivity index (χ0v) is 11.0. The lowest BCUT2D eigenvalue weighted by Gasteiger charge is -2.04. The zero-order valence-electron chi connectivity index (χ0n) is 8.76. The van der Waals surface area contributed by atoms with E-state index in [-0.39, 0.29) is 27.2 Å². The van der Waals surface area contributed by atoms with Gasteiger partial charge in [0.2, 0.25) is 5.78 Å². The van der Waals surface area contributed by atoms with Crippen molar-refractivity contribution in [1.82, 2.24) is 0 Å². The van der Waals surface area contributed by atoms with Gasteiger partial charge in [0.1, 0.15) is 5.76 Å². The van der Waals surface area contributed by atoms with Crippen LogP contribution in [0.3, 0.4) is 0 Å². The zero-order chi connectivity index (χ0) is 12.6. The van der Waals surface area contributed by atoms with Crippen LogP contribution in [-0.2, 0) is 0 Å². The predicted octanol–water partition coefficient (Wildman–Crippen LogP) is 4.78. The van der Waals surface area contributed by atoms with Gasteiger partial charge < -0.3 is 4.42 Å². The Morgan fingerprint density at radius 1 is 1.12 bits per heavy atom. The monoisotopic (exact) mass is 288 g/mol. The molecule has 0 saturated heterocycles. The number of benzene rings is 1. The molecule has 1 aromatic carbocycles. The molecule has 2 rings (SSSR count). The molecule has 0 bridgehead atoms. The lowest BCUT2D eigenvalue weighted by molar-refractivity contribution is 0.101. The first-order chi connectivity index (χ1) is 7.99. The minimum Gasteiger partial charge on any atom is -0.458 e. The van der Waals surface area contributed by atoms with E-state index in [1.54, 1.807) is 19.1 Å². The highest BCUT2D eigenvalue weighted by molar-refractivity contribution is 6.43. The van der Waals surface area contributed by atoms with Gasteiger partial charge in [0.05, 0.1) is 15.6 Å². The molecular weight excluding hydrogens is 282 g/mol. The molecule has 0 unspecified atom stereocenters. The number of furan rings is 1. The lowest BCUT2D eigenvalue weighted by Crippen LogP contribution is -2.01. The number of halogens is 3. The Balaban J connectivity index is 2.51. The molecule has 0 aliphatic heterocycles. The third kappa shape index (κ3) is 2.49. The summed E-state index contributed by atoms with van der Waals surface area (Å²) >= 11 is 17.7. The van der Waals surface area contributed by atoms with E-state index in [0.717, 1.165) is 0 Å². The highest BCUT2D eigenvalue weighted by atomic mass is 35.5. The number of rotatable bonds is 2. The van der Waals surface area contributed by atoms with E-state index < -0.39 is 0 Å². The maximum Gasteiger partial charge on any atom is 0.231 e. The molecule has 0 fully saturated rings. The first-order valence-corrected chi connectivity index (χ1v) is 5.88. The van der Waals surface area contributed by atoms with E-state index >= 15 is 0 Å². The second-order valence-corrected chi connectivity index (χ2v) is 4.73. The molecule has 5 heteroatoms. The average Bonchev–Trinajstić information content (AvgIpc) is 2.63. The summed E-state index contributed by atoms with van der Waals surface area (Å²) in [7, 11) is 0. The van der Waals surface area contributed by atoms with Crippen molar-refractivity contribution < 1.29 is 9.21 Å². The van der Waals surface area contributed by atoms with Crippen LogP contribution in [0.25, 0.3) is 0 Å². The second kappa shape index (κ2) is 4.73. The summed E-state index contributed by atoms with van der Waals surface area (Å²) in [5.41, 5.74) is 0.201. The first kappa shape index (κ1) is 12.5. The van der Waals surface area contributed by atoms with E-state index in [1.165, 1.54) is 12.1 Å². The summed E-state index contributed by atoms with van der Waals surface area (Å²) in [6.07, 6.45) is 0. The van der Waals surface area contributed by atoms with Gasteiger partial charge in [-0.2, -0.15) is 0 Å².